The first kappa shape index (κ1) is 13.1. The van der Waals surface area contributed by atoms with Gasteiger partial charge in [0.15, 0.2) is 9.84 Å². The second kappa shape index (κ2) is 4.75. The maximum atomic E-state index is 11.9. The van der Waals surface area contributed by atoms with E-state index < -0.39 is 21.6 Å². The zero-order valence-electron chi connectivity index (χ0n) is 8.79. The summed E-state index contributed by atoms with van der Waals surface area (Å²) in [7, 11) is -3.56. The van der Waals surface area contributed by atoms with Crippen LogP contribution < -0.4 is 0 Å². The molecule has 0 atom stereocenters. The summed E-state index contributed by atoms with van der Waals surface area (Å²) in [6.45, 7) is 0. The van der Waals surface area contributed by atoms with E-state index in [4.69, 9.17) is 21.1 Å². The van der Waals surface area contributed by atoms with Gasteiger partial charge < -0.3 is 9.52 Å². The molecule has 18 heavy (non-hydrogen) atoms. The maximum absolute atomic E-state index is 11.9. The second-order valence-corrected chi connectivity index (χ2v) is 7.32. The number of hydrogen-bond acceptors (Lipinski definition) is 5. The number of carboxylic acid groups (broad SMARTS) is 1. The minimum absolute atomic E-state index is 0.0805. The number of halogens is 1. The molecular formula is C10H7ClO5S2. The number of rotatable bonds is 4. The highest BCUT2D eigenvalue weighted by Crippen LogP contribution is 2.28. The fourth-order valence-electron chi connectivity index (χ4n) is 1.29. The van der Waals surface area contributed by atoms with Gasteiger partial charge in [0.1, 0.15) is 15.7 Å². The van der Waals surface area contributed by atoms with E-state index in [0.29, 0.717) is 4.34 Å². The summed E-state index contributed by atoms with van der Waals surface area (Å²) in [6, 6.07) is 5.44. The summed E-state index contributed by atoms with van der Waals surface area (Å²) < 4.78 is 29.3. The van der Waals surface area contributed by atoms with E-state index in [2.05, 4.69) is 0 Å². The van der Waals surface area contributed by atoms with E-state index in [1.165, 1.54) is 24.3 Å². The van der Waals surface area contributed by atoms with Gasteiger partial charge in [0.2, 0.25) is 5.76 Å². The molecule has 0 saturated heterocycles. The zero-order valence-corrected chi connectivity index (χ0v) is 11.2. The van der Waals surface area contributed by atoms with E-state index in [9.17, 15) is 13.2 Å². The van der Waals surface area contributed by atoms with Crippen molar-refractivity contribution < 1.29 is 22.7 Å². The first-order chi connectivity index (χ1) is 8.38. The SMILES string of the molecule is O=C(O)c1ccc(CS(=O)(=O)c2ccc(Cl)s2)o1. The van der Waals surface area contributed by atoms with Crippen LogP contribution in [0.1, 0.15) is 16.3 Å². The van der Waals surface area contributed by atoms with Crippen LogP contribution >= 0.6 is 22.9 Å². The second-order valence-electron chi connectivity index (χ2n) is 3.39. The third-order valence-electron chi connectivity index (χ3n) is 2.06. The van der Waals surface area contributed by atoms with Crippen molar-refractivity contribution in [3.8, 4) is 0 Å². The Kier molecular flexibility index (Phi) is 3.47. The lowest BCUT2D eigenvalue weighted by molar-refractivity contribution is 0.0660. The summed E-state index contributed by atoms with van der Waals surface area (Å²) in [5, 5.41) is 8.66. The normalized spacial score (nSPS) is 11.6. The number of hydrogen-bond donors (Lipinski definition) is 1. The number of thiophene rings is 1. The van der Waals surface area contributed by atoms with Gasteiger partial charge in [0.25, 0.3) is 0 Å². The summed E-state index contributed by atoms with van der Waals surface area (Å²) in [5.41, 5.74) is 0. The van der Waals surface area contributed by atoms with E-state index in [-0.39, 0.29) is 15.7 Å². The molecule has 96 valence electrons. The largest absolute Gasteiger partial charge is 0.475 e. The Morgan fingerprint density at radius 2 is 2.06 bits per heavy atom. The van der Waals surface area contributed by atoms with Crippen LogP contribution in [0.25, 0.3) is 0 Å². The topological polar surface area (TPSA) is 84.6 Å². The molecule has 0 aliphatic carbocycles. The van der Waals surface area contributed by atoms with Crippen molar-refractivity contribution in [2.75, 3.05) is 0 Å². The minimum Gasteiger partial charge on any atom is -0.475 e. The summed E-state index contributed by atoms with van der Waals surface area (Å²) in [6.07, 6.45) is 0. The van der Waals surface area contributed by atoms with Crippen LogP contribution in [-0.2, 0) is 15.6 Å². The molecule has 0 aromatic carbocycles. The minimum atomic E-state index is -3.56. The van der Waals surface area contributed by atoms with E-state index >= 15 is 0 Å². The highest BCUT2D eigenvalue weighted by atomic mass is 35.5. The van der Waals surface area contributed by atoms with Crippen LogP contribution in [0.3, 0.4) is 0 Å². The van der Waals surface area contributed by atoms with Gasteiger partial charge in [-0.1, -0.05) is 11.6 Å². The molecule has 1 N–H and O–H groups in total. The van der Waals surface area contributed by atoms with Crippen molar-refractivity contribution >= 4 is 38.7 Å². The molecule has 0 aliphatic heterocycles. The molecule has 8 heteroatoms. The number of carboxylic acids is 1. The molecule has 0 saturated carbocycles. The predicted molar refractivity (Wildman–Crippen MR) is 65.9 cm³/mol. The van der Waals surface area contributed by atoms with Gasteiger partial charge in [0.05, 0.1) is 4.34 Å². The average Bonchev–Trinajstić information content (AvgIpc) is 2.86. The Morgan fingerprint density at radius 3 is 2.56 bits per heavy atom. The van der Waals surface area contributed by atoms with Crippen molar-refractivity contribution in [1.29, 1.82) is 0 Å². The molecule has 0 amide bonds. The van der Waals surface area contributed by atoms with Crippen molar-refractivity contribution in [2.24, 2.45) is 0 Å². The predicted octanol–water partition coefficient (Wildman–Crippen LogP) is 2.67. The zero-order chi connectivity index (χ0) is 13.3. The standard InChI is InChI=1S/C10H7ClO5S2/c11-8-3-4-9(17-8)18(14,15)5-6-1-2-7(16-6)10(12)13/h1-4H,5H2,(H,12,13). The van der Waals surface area contributed by atoms with E-state index in [1.807, 2.05) is 0 Å². The lowest BCUT2D eigenvalue weighted by atomic mass is 10.4. The first-order valence-corrected chi connectivity index (χ1v) is 7.53. The molecule has 2 aromatic rings. The van der Waals surface area contributed by atoms with Crippen LogP contribution in [0.5, 0.6) is 0 Å². The number of furan rings is 1. The van der Waals surface area contributed by atoms with Gasteiger partial charge in [-0.2, -0.15) is 0 Å². The number of sulfone groups is 1. The summed E-state index contributed by atoms with van der Waals surface area (Å²) in [4.78, 5) is 10.6. The molecule has 0 bridgehead atoms. The van der Waals surface area contributed by atoms with E-state index in [0.717, 1.165) is 11.3 Å². The van der Waals surface area contributed by atoms with Gasteiger partial charge in [-0.3, -0.25) is 0 Å². The monoisotopic (exact) mass is 306 g/mol. The number of carbonyl (C=O) groups is 1. The highest BCUT2D eigenvalue weighted by Gasteiger charge is 2.20. The van der Waals surface area contributed by atoms with E-state index in [1.54, 1.807) is 0 Å². The lowest BCUT2D eigenvalue weighted by Crippen LogP contribution is -2.02. The molecule has 0 fully saturated rings. The third-order valence-corrected chi connectivity index (χ3v) is 5.51. The van der Waals surface area contributed by atoms with Gasteiger partial charge >= 0.3 is 5.97 Å². The Labute approximate surface area is 112 Å². The fraction of sp³-hybridized carbons (Fsp3) is 0.100. The Balaban J connectivity index is 2.25. The molecule has 0 unspecified atom stereocenters. The van der Waals surface area contributed by atoms with Gasteiger partial charge in [0, 0.05) is 0 Å². The third kappa shape index (κ3) is 2.74. The molecule has 2 aromatic heterocycles. The molecule has 0 radical (unpaired) electrons. The van der Waals surface area contributed by atoms with Crippen LogP contribution in [0, 0.1) is 0 Å². The van der Waals surface area contributed by atoms with Crippen molar-refractivity contribution in [3.05, 3.63) is 40.1 Å². The van der Waals surface area contributed by atoms with Gasteiger partial charge in [-0.25, -0.2) is 13.2 Å². The van der Waals surface area contributed by atoms with Gasteiger partial charge in [-0.15, -0.1) is 11.3 Å². The van der Waals surface area contributed by atoms with Crippen molar-refractivity contribution in [3.63, 3.8) is 0 Å². The van der Waals surface area contributed by atoms with Crippen LogP contribution in [0.2, 0.25) is 4.34 Å². The van der Waals surface area contributed by atoms with Crippen LogP contribution in [0.15, 0.2) is 32.9 Å². The Bertz CT molecular complexity index is 683. The first-order valence-electron chi connectivity index (χ1n) is 4.68. The smallest absolute Gasteiger partial charge is 0.371 e. The number of aromatic carboxylic acids is 1. The molecule has 2 heterocycles. The quantitative estimate of drug-likeness (QED) is 0.938. The van der Waals surface area contributed by atoms with Crippen molar-refractivity contribution in [2.45, 2.75) is 9.96 Å². The average molecular weight is 307 g/mol. The highest BCUT2D eigenvalue weighted by molar-refractivity contribution is 7.92. The summed E-state index contributed by atoms with van der Waals surface area (Å²) in [5.74, 6) is -1.84. The van der Waals surface area contributed by atoms with Crippen LogP contribution in [-0.4, -0.2) is 19.5 Å². The maximum Gasteiger partial charge on any atom is 0.371 e. The molecule has 2 rings (SSSR count). The van der Waals surface area contributed by atoms with Crippen LogP contribution in [0.4, 0.5) is 0 Å². The fourth-order valence-corrected chi connectivity index (χ4v) is 4.11. The molecule has 0 spiro atoms. The van der Waals surface area contributed by atoms with Gasteiger partial charge in [-0.05, 0) is 24.3 Å². The van der Waals surface area contributed by atoms with Crippen molar-refractivity contribution in [1.82, 2.24) is 0 Å². The lowest BCUT2D eigenvalue weighted by Gasteiger charge is -1.98. The Hall–Kier alpha value is -1.31. The summed E-state index contributed by atoms with van der Waals surface area (Å²) >= 11 is 6.61. The molecular weight excluding hydrogens is 300 g/mol. The molecule has 0 aliphatic rings. The Morgan fingerprint density at radius 1 is 1.33 bits per heavy atom. The molecule has 5 nitrogen and oxygen atoms in total.